The molecular formula is C4H11N2O5P. The Bertz CT molecular complexity index is 196. The van der Waals surface area contributed by atoms with Crippen LogP contribution in [0.2, 0.25) is 0 Å². The summed E-state index contributed by atoms with van der Waals surface area (Å²) < 4.78 is 15.1. The topological polar surface area (TPSA) is 122 Å². The number of carbonyl (C=O) groups is 1. The number of aliphatic carboxylic acids is 1. The second-order valence-corrected chi connectivity index (χ2v) is 3.49. The zero-order chi connectivity index (χ0) is 9.61. The zero-order valence-electron chi connectivity index (χ0n) is 6.27. The van der Waals surface area contributed by atoms with Crippen LogP contribution in [-0.4, -0.2) is 35.7 Å². The fraction of sp³-hybridized carbons (Fsp3) is 0.750. The van der Waals surface area contributed by atoms with Crippen LogP contribution in [0.25, 0.3) is 0 Å². The van der Waals surface area contributed by atoms with Gasteiger partial charge in [0, 0.05) is 6.54 Å². The molecule has 0 aliphatic rings. The van der Waals surface area contributed by atoms with Crippen LogP contribution in [0.15, 0.2) is 0 Å². The van der Waals surface area contributed by atoms with Crippen molar-refractivity contribution in [2.24, 2.45) is 5.73 Å². The van der Waals surface area contributed by atoms with E-state index in [-0.39, 0.29) is 13.2 Å². The van der Waals surface area contributed by atoms with Gasteiger partial charge in [-0.15, -0.1) is 0 Å². The fourth-order valence-corrected chi connectivity index (χ4v) is 1.17. The van der Waals surface area contributed by atoms with Gasteiger partial charge in [-0.2, -0.15) is 0 Å². The van der Waals surface area contributed by atoms with E-state index in [1.165, 1.54) is 0 Å². The second kappa shape index (κ2) is 5.23. The summed E-state index contributed by atoms with van der Waals surface area (Å²) in [6.07, 6.45) is 0. The van der Waals surface area contributed by atoms with Gasteiger partial charge in [-0.25, -0.2) is 9.65 Å². The molecule has 0 aliphatic heterocycles. The van der Waals surface area contributed by atoms with Gasteiger partial charge in [0.05, 0.1) is 6.61 Å². The van der Waals surface area contributed by atoms with E-state index < -0.39 is 20.3 Å². The molecule has 0 rings (SSSR count). The molecule has 1 atom stereocenters. The minimum Gasteiger partial charge on any atom is -0.480 e. The van der Waals surface area contributed by atoms with Crippen molar-refractivity contribution in [3.8, 4) is 0 Å². The quantitative estimate of drug-likeness (QED) is 0.393. The molecule has 8 heteroatoms. The molecule has 0 amide bonds. The van der Waals surface area contributed by atoms with E-state index in [0.717, 1.165) is 0 Å². The van der Waals surface area contributed by atoms with Gasteiger partial charge in [-0.3, -0.25) is 9.32 Å². The van der Waals surface area contributed by atoms with Gasteiger partial charge in [-0.1, -0.05) is 0 Å². The molecule has 0 aromatic rings. The Labute approximate surface area is 69.1 Å². The highest BCUT2D eigenvalue weighted by Crippen LogP contribution is 2.35. The lowest BCUT2D eigenvalue weighted by Crippen LogP contribution is -2.22. The third kappa shape index (κ3) is 6.26. The molecule has 7 nitrogen and oxygen atoms in total. The van der Waals surface area contributed by atoms with E-state index in [2.05, 4.69) is 4.52 Å². The summed E-state index contributed by atoms with van der Waals surface area (Å²) in [4.78, 5) is 18.7. The first kappa shape index (κ1) is 11.5. The first-order valence-corrected chi connectivity index (χ1v) is 4.70. The Morgan fingerprint density at radius 1 is 1.67 bits per heavy atom. The first-order chi connectivity index (χ1) is 5.48. The Hall–Kier alpha value is -0.460. The molecule has 0 aromatic heterocycles. The first-order valence-electron chi connectivity index (χ1n) is 3.12. The Morgan fingerprint density at radius 2 is 2.25 bits per heavy atom. The maximum absolute atomic E-state index is 10.8. The molecule has 0 radical (unpaired) electrons. The van der Waals surface area contributed by atoms with Gasteiger partial charge in [0.2, 0.25) is 0 Å². The van der Waals surface area contributed by atoms with Crippen LogP contribution in [0, 0.1) is 0 Å². The molecular weight excluding hydrogens is 187 g/mol. The largest absolute Gasteiger partial charge is 0.480 e. The van der Waals surface area contributed by atoms with Crippen molar-refractivity contribution in [2.75, 3.05) is 19.7 Å². The van der Waals surface area contributed by atoms with Crippen molar-refractivity contribution in [3.63, 3.8) is 0 Å². The zero-order valence-corrected chi connectivity index (χ0v) is 7.16. The molecule has 0 saturated carbocycles. The monoisotopic (exact) mass is 198 g/mol. The predicted octanol–water partition coefficient (Wildman–Crippen LogP) is -1.26. The van der Waals surface area contributed by atoms with E-state index in [0.29, 0.717) is 0 Å². The molecule has 0 fully saturated rings. The highest BCUT2D eigenvalue weighted by atomic mass is 31.2. The van der Waals surface area contributed by atoms with E-state index >= 15 is 0 Å². The standard InChI is InChI=1S/C4H11N2O5P/c5-1-2-11-12(9,10)6-3-4(7)8/h1-3,5H2,(H,7,8)(H2,6,9,10). The summed E-state index contributed by atoms with van der Waals surface area (Å²) in [6, 6.07) is 0. The Kier molecular flexibility index (Phi) is 5.03. The maximum atomic E-state index is 10.8. The fourth-order valence-electron chi connectivity index (χ4n) is 0.390. The number of hydrogen-bond donors (Lipinski definition) is 4. The molecule has 0 saturated heterocycles. The van der Waals surface area contributed by atoms with Crippen LogP contribution in [0.1, 0.15) is 0 Å². The van der Waals surface area contributed by atoms with Gasteiger partial charge >= 0.3 is 13.7 Å². The number of carboxylic acid groups (broad SMARTS) is 1. The van der Waals surface area contributed by atoms with Crippen LogP contribution < -0.4 is 10.8 Å². The average molecular weight is 198 g/mol. The molecule has 1 unspecified atom stereocenters. The molecule has 0 aromatic carbocycles. The lowest BCUT2D eigenvalue weighted by molar-refractivity contribution is -0.135. The van der Waals surface area contributed by atoms with Gasteiger partial charge in [-0.05, 0) is 0 Å². The van der Waals surface area contributed by atoms with E-state index in [1.54, 1.807) is 0 Å². The lowest BCUT2D eigenvalue weighted by Gasteiger charge is -2.10. The van der Waals surface area contributed by atoms with E-state index in [4.69, 9.17) is 15.7 Å². The van der Waals surface area contributed by atoms with Crippen LogP contribution >= 0.6 is 7.75 Å². The third-order valence-electron chi connectivity index (χ3n) is 0.814. The highest BCUT2D eigenvalue weighted by molar-refractivity contribution is 7.50. The summed E-state index contributed by atoms with van der Waals surface area (Å²) in [5, 5.41) is 9.95. The van der Waals surface area contributed by atoms with Crippen molar-refractivity contribution in [1.82, 2.24) is 5.09 Å². The summed E-state index contributed by atoms with van der Waals surface area (Å²) in [5.41, 5.74) is 4.99. The minimum atomic E-state index is -3.97. The number of rotatable bonds is 6. The molecule has 12 heavy (non-hydrogen) atoms. The molecule has 5 N–H and O–H groups in total. The number of carboxylic acids is 1. The van der Waals surface area contributed by atoms with Crippen LogP contribution in [-0.2, 0) is 13.9 Å². The van der Waals surface area contributed by atoms with Crippen LogP contribution in [0.3, 0.4) is 0 Å². The van der Waals surface area contributed by atoms with Crippen molar-refractivity contribution >= 4 is 13.7 Å². The molecule has 0 spiro atoms. The van der Waals surface area contributed by atoms with Gasteiger partial charge < -0.3 is 15.7 Å². The van der Waals surface area contributed by atoms with E-state index in [9.17, 15) is 9.36 Å². The number of nitrogens with two attached hydrogens (primary N) is 1. The predicted molar refractivity (Wildman–Crippen MR) is 40.5 cm³/mol. The minimum absolute atomic E-state index is 0.0965. The normalized spacial score (nSPS) is 15.5. The molecule has 0 aliphatic carbocycles. The lowest BCUT2D eigenvalue weighted by atomic mass is 10.7. The van der Waals surface area contributed by atoms with Gasteiger partial charge in [0.15, 0.2) is 0 Å². The second-order valence-electron chi connectivity index (χ2n) is 1.87. The summed E-state index contributed by atoms with van der Waals surface area (Å²) in [7, 11) is -3.97. The SMILES string of the molecule is NCCOP(=O)(O)NCC(=O)O. The van der Waals surface area contributed by atoms with Gasteiger partial charge in [0.1, 0.15) is 6.54 Å². The molecule has 0 bridgehead atoms. The van der Waals surface area contributed by atoms with Crippen molar-refractivity contribution in [1.29, 1.82) is 0 Å². The average Bonchev–Trinajstić information content (AvgIpc) is 1.98. The van der Waals surface area contributed by atoms with Crippen LogP contribution in [0.5, 0.6) is 0 Å². The Morgan fingerprint density at radius 3 is 2.67 bits per heavy atom. The summed E-state index contributed by atoms with van der Waals surface area (Å²) in [6.45, 7) is -0.627. The highest BCUT2D eigenvalue weighted by Gasteiger charge is 2.18. The molecule has 72 valence electrons. The molecule has 0 heterocycles. The van der Waals surface area contributed by atoms with Crippen LogP contribution in [0.4, 0.5) is 0 Å². The summed E-state index contributed by atoms with van der Waals surface area (Å²) in [5.74, 6) is -1.24. The van der Waals surface area contributed by atoms with Crippen molar-refractivity contribution in [2.45, 2.75) is 0 Å². The van der Waals surface area contributed by atoms with Gasteiger partial charge in [0.25, 0.3) is 0 Å². The summed E-state index contributed by atoms with van der Waals surface area (Å²) >= 11 is 0. The third-order valence-corrected chi connectivity index (χ3v) is 1.90. The number of nitrogens with one attached hydrogen (secondary N) is 1. The number of hydrogen-bond acceptors (Lipinski definition) is 4. The Balaban J connectivity index is 3.71. The smallest absolute Gasteiger partial charge is 0.403 e. The van der Waals surface area contributed by atoms with Crippen molar-refractivity contribution < 1.29 is 23.9 Å². The van der Waals surface area contributed by atoms with Crippen molar-refractivity contribution in [3.05, 3.63) is 0 Å². The maximum Gasteiger partial charge on any atom is 0.403 e. The van der Waals surface area contributed by atoms with E-state index in [1.807, 2.05) is 5.09 Å².